The molecule has 2 rings (SSSR count). The van der Waals surface area contributed by atoms with E-state index in [1.165, 1.54) is 16.8 Å². The van der Waals surface area contributed by atoms with E-state index in [0.717, 1.165) is 19.0 Å². The van der Waals surface area contributed by atoms with E-state index < -0.39 is 17.2 Å². The summed E-state index contributed by atoms with van der Waals surface area (Å²) in [6.07, 6.45) is 0.765. The number of hydrogen-bond acceptors (Lipinski definition) is 4. The van der Waals surface area contributed by atoms with Gasteiger partial charge in [0.25, 0.3) is 5.91 Å². The SMILES string of the molecule is CN(C)CCCNC(=O)c1nn(C)c2ccc(F)cc2c1=O. The van der Waals surface area contributed by atoms with Crippen LogP contribution in [-0.4, -0.2) is 47.8 Å². The monoisotopic (exact) mass is 306 g/mol. The zero-order chi connectivity index (χ0) is 16.3. The molecule has 0 radical (unpaired) electrons. The molecule has 1 heterocycles. The van der Waals surface area contributed by atoms with Gasteiger partial charge in [0.2, 0.25) is 5.43 Å². The number of nitrogens with zero attached hydrogens (tertiary/aromatic N) is 3. The van der Waals surface area contributed by atoms with Crippen LogP contribution >= 0.6 is 0 Å². The summed E-state index contributed by atoms with van der Waals surface area (Å²) >= 11 is 0. The number of aromatic nitrogens is 2. The van der Waals surface area contributed by atoms with E-state index in [1.54, 1.807) is 7.05 Å². The normalized spacial score (nSPS) is 11.1. The number of benzene rings is 1. The van der Waals surface area contributed by atoms with Gasteiger partial charge in [0.05, 0.1) is 10.9 Å². The van der Waals surface area contributed by atoms with E-state index in [2.05, 4.69) is 10.4 Å². The number of halogens is 1. The van der Waals surface area contributed by atoms with Crippen LogP contribution in [0.4, 0.5) is 4.39 Å². The van der Waals surface area contributed by atoms with E-state index in [9.17, 15) is 14.0 Å². The molecule has 22 heavy (non-hydrogen) atoms. The average molecular weight is 306 g/mol. The molecule has 0 aliphatic rings. The topological polar surface area (TPSA) is 67.2 Å². The highest BCUT2D eigenvalue weighted by molar-refractivity contribution is 5.95. The maximum Gasteiger partial charge on any atom is 0.275 e. The first-order chi connectivity index (χ1) is 10.4. The molecular weight excluding hydrogens is 287 g/mol. The van der Waals surface area contributed by atoms with Gasteiger partial charge in [-0.1, -0.05) is 0 Å². The summed E-state index contributed by atoms with van der Waals surface area (Å²) in [7, 11) is 5.50. The van der Waals surface area contributed by atoms with Gasteiger partial charge in [-0.25, -0.2) is 4.39 Å². The first-order valence-electron chi connectivity index (χ1n) is 6.99. The first kappa shape index (κ1) is 16.1. The molecule has 118 valence electrons. The predicted molar refractivity (Wildman–Crippen MR) is 82.4 cm³/mol. The highest BCUT2D eigenvalue weighted by Crippen LogP contribution is 2.10. The molecule has 0 bridgehead atoms. The van der Waals surface area contributed by atoms with E-state index in [-0.39, 0.29) is 11.1 Å². The Bertz CT molecular complexity index is 755. The van der Waals surface area contributed by atoms with Crippen LogP contribution < -0.4 is 10.7 Å². The van der Waals surface area contributed by atoms with Crippen molar-refractivity contribution in [3.05, 3.63) is 39.9 Å². The van der Waals surface area contributed by atoms with Crippen LogP contribution in [0.5, 0.6) is 0 Å². The van der Waals surface area contributed by atoms with Crippen LogP contribution in [0.3, 0.4) is 0 Å². The van der Waals surface area contributed by atoms with Crippen LogP contribution in [0.15, 0.2) is 23.0 Å². The summed E-state index contributed by atoms with van der Waals surface area (Å²) in [5, 5.41) is 6.82. The van der Waals surface area contributed by atoms with Gasteiger partial charge >= 0.3 is 0 Å². The van der Waals surface area contributed by atoms with Gasteiger partial charge in [0, 0.05) is 13.6 Å². The molecule has 0 atom stereocenters. The Morgan fingerprint density at radius 3 is 2.82 bits per heavy atom. The van der Waals surface area contributed by atoms with E-state index >= 15 is 0 Å². The molecule has 0 spiro atoms. The van der Waals surface area contributed by atoms with Gasteiger partial charge in [-0.3, -0.25) is 14.3 Å². The fourth-order valence-corrected chi connectivity index (χ4v) is 2.18. The Labute approximate surface area is 127 Å². The zero-order valence-electron chi connectivity index (χ0n) is 12.9. The molecule has 1 amide bonds. The van der Waals surface area contributed by atoms with Crippen molar-refractivity contribution in [2.45, 2.75) is 6.42 Å². The lowest BCUT2D eigenvalue weighted by Crippen LogP contribution is -2.33. The Hall–Kier alpha value is -2.28. The summed E-state index contributed by atoms with van der Waals surface area (Å²) in [6, 6.07) is 3.85. The van der Waals surface area contributed by atoms with Crippen molar-refractivity contribution in [1.29, 1.82) is 0 Å². The Balaban J connectivity index is 2.26. The molecule has 1 aromatic carbocycles. The minimum atomic E-state index is -0.558. The van der Waals surface area contributed by atoms with Crippen LogP contribution in [0.2, 0.25) is 0 Å². The van der Waals surface area contributed by atoms with Crippen molar-refractivity contribution in [3.63, 3.8) is 0 Å². The minimum absolute atomic E-state index is 0.149. The summed E-state index contributed by atoms with van der Waals surface area (Å²) in [6.45, 7) is 1.28. The molecule has 2 aromatic rings. The van der Waals surface area contributed by atoms with Crippen molar-refractivity contribution in [1.82, 2.24) is 20.0 Å². The number of nitrogens with one attached hydrogen (secondary N) is 1. The molecule has 0 aliphatic carbocycles. The third-order valence-corrected chi connectivity index (χ3v) is 3.30. The van der Waals surface area contributed by atoms with Crippen molar-refractivity contribution in [2.75, 3.05) is 27.2 Å². The second kappa shape index (κ2) is 6.65. The molecule has 0 unspecified atom stereocenters. The van der Waals surface area contributed by atoms with E-state index in [1.807, 2.05) is 19.0 Å². The molecule has 0 saturated heterocycles. The molecular formula is C15H19FN4O2. The molecule has 1 N–H and O–H groups in total. The highest BCUT2D eigenvalue weighted by Gasteiger charge is 2.16. The van der Waals surface area contributed by atoms with E-state index in [4.69, 9.17) is 0 Å². The van der Waals surface area contributed by atoms with Crippen molar-refractivity contribution < 1.29 is 9.18 Å². The van der Waals surface area contributed by atoms with Gasteiger partial charge in [0.15, 0.2) is 5.69 Å². The number of hydrogen-bond donors (Lipinski definition) is 1. The smallest absolute Gasteiger partial charge is 0.275 e. The molecule has 0 saturated carbocycles. The Morgan fingerprint density at radius 2 is 2.14 bits per heavy atom. The fourth-order valence-electron chi connectivity index (χ4n) is 2.18. The first-order valence-corrected chi connectivity index (χ1v) is 6.99. The fraction of sp³-hybridized carbons (Fsp3) is 0.400. The largest absolute Gasteiger partial charge is 0.350 e. The summed E-state index contributed by atoms with van der Waals surface area (Å²) in [4.78, 5) is 26.4. The molecule has 6 nitrogen and oxygen atoms in total. The van der Waals surface area contributed by atoms with Crippen LogP contribution in [0.1, 0.15) is 16.9 Å². The zero-order valence-corrected chi connectivity index (χ0v) is 12.9. The molecule has 1 aromatic heterocycles. The number of carbonyl (C=O) groups excluding carboxylic acids is 1. The van der Waals surface area contributed by atoms with E-state index in [0.29, 0.717) is 12.1 Å². The van der Waals surface area contributed by atoms with Gasteiger partial charge in [-0.15, -0.1) is 0 Å². The van der Waals surface area contributed by atoms with Gasteiger partial charge in [0.1, 0.15) is 5.82 Å². The maximum absolute atomic E-state index is 13.3. The lowest BCUT2D eigenvalue weighted by molar-refractivity contribution is 0.0944. The minimum Gasteiger partial charge on any atom is -0.350 e. The number of fused-ring (bicyclic) bond motifs is 1. The van der Waals surface area contributed by atoms with Crippen molar-refractivity contribution >= 4 is 16.8 Å². The van der Waals surface area contributed by atoms with Crippen LogP contribution in [0.25, 0.3) is 10.9 Å². The summed E-state index contributed by atoms with van der Waals surface area (Å²) in [5.74, 6) is -1.06. The predicted octanol–water partition coefficient (Wildman–Crippen LogP) is 0.754. The Kier molecular flexibility index (Phi) is 4.87. The third-order valence-electron chi connectivity index (χ3n) is 3.30. The standard InChI is InChI=1S/C15H19FN4O2/c1-19(2)8-4-7-17-15(22)13-14(21)11-9-10(16)5-6-12(11)20(3)18-13/h5-6,9H,4,7-8H2,1-3H3,(H,17,22). The van der Waals surface area contributed by atoms with Crippen molar-refractivity contribution in [3.8, 4) is 0 Å². The van der Waals surface area contributed by atoms with Crippen LogP contribution in [0, 0.1) is 5.82 Å². The summed E-state index contributed by atoms with van der Waals surface area (Å²) < 4.78 is 14.7. The van der Waals surface area contributed by atoms with Crippen molar-refractivity contribution in [2.24, 2.45) is 7.05 Å². The number of amides is 1. The van der Waals surface area contributed by atoms with Gasteiger partial charge in [-0.2, -0.15) is 5.10 Å². The number of aryl methyl sites for hydroxylation is 1. The average Bonchev–Trinajstić information content (AvgIpc) is 2.46. The van der Waals surface area contributed by atoms with Gasteiger partial charge in [-0.05, 0) is 45.3 Å². The maximum atomic E-state index is 13.3. The molecule has 7 heteroatoms. The number of carbonyl (C=O) groups is 1. The molecule has 0 aliphatic heterocycles. The lowest BCUT2D eigenvalue weighted by Gasteiger charge is -2.10. The highest BCUT2D eigenvalue weighted by atomic mass is 19.1. The number of rotatable bonds is 5. The second-order valence-electron chi connectivity index (χ2n) is 5.38. The third kappa shape index (κ3) is 3.48. The summed E-state index contributed by atoms with van der Waals surface area (Å²) in [5.41, 5.74) is -0.293. The van der Waals surface area contributed by atoms with Gasteiger partial charge < -0.3 is 10.2 Å². The lowest BCUT2D eigenvalue weighted by atomic mass is 10.2. The van der Waals surface area contributed by atoms with Crippen LogP contribution in [-0.2, 0) is 7.05 Å². The quantitative estimate of drug-likeness (QED) is 0.828. The molecule has 0 fully saturated rings. The second-order valence-corrected chi connectivity index (χ2v) is 5.38. The Morgan fingerprint density at radius 1 is 1.41 bits per heavy atom.